The van der Waals surface area contributed by atoms with Crippen LogP contribution in [0.25, 0.3) is 0 Å². The molecule has 0 spiro atoms. The summed E-state index contributed by atoms with van der Waals surface area (Å²) in [4.78, 5) is 29.9. The molecule has 32 heavy (non-hydrogen) atoms. The van der Waals surface area contributed by atoms with Crippen LogP contribution >= 0.6 is 11.6 Å². The molecule has 0 saturated carbocycles. The van der Waals surface area contributed by atoms with Gasteiger partial charge in [0.1, 0.15) is 6.20 Å². The molecule has 1 saturated heterocycles. The molecule has 170 valence electrons. The number of hydrogen-bond acceptors (Lipinski definition) is 9. The van der Waals surface area contributed by atoms with Crippen LogP contribution in [0.15, 0.2) is 35.6 Å². The number of aliphatic carboxylic acids is 1. The van der Waals surface area contributed by atoms with Crippen LogP contribution in [0.4, 0.5) is 17.5 Å². The number of nitrogens with one attached hydrogen (secondary N) is 2. The molecule has 1 aromatic heterocycles. The highest BCUT2D eigenvalue weighted by molar-refractivity contribution is 6.33. The molecule has 1 aliphatic heterocycles. The van der Waals surface area contributed by atoms with E-state index >= 15 is 0 Å². The van der Waals surface area contributed by atoms with Crippen molar-refractivity contribution in [3.8, 4) is 0 Å². The summed E-state index contributed by atoms with van der Waals surface area (Å²) >= 11 is 6.15. The predicted molar refractivity (Wildman–Crippen MR) is 120 cm³/mol. The number of carboxylic acids is 1. The molecule has 12 nitrogen and oxygen atoms in total. The van der Waals surface area contributed by atoms with Crippen LogP contribution < -0.4 is 16.4 Å². The average molecular weight is 463 g/mol. The minimum absolute atomic E-state index is 0.127. The first-order valence-corrected chi connectivity index (χ1v) is 10.3. The van der Waals surface area contributed by atoms with E-state index < -0.39 is 16.7 Å². The maximum Gasteiger partial charge on any atom is 0.373 e. The first-order valence-electron chi connectivity index (χ1n) is 9.88. The molecule has 0 bridgehead atoms. The largest absolute Gasteiger partial charge is 0.475 e. The Hall–Kier alpha value is -3.67. The van der Waals surface area contributed by atoms with Crippen LogP contribution in [0.2, 0.25) is 5.02 Å². The molecule has 0 atom stereocenters. The van der Waals surface area contributed by atoms with E-state index in [0.717, 1.165) is 24.6 Å². The van der Waals surface area contributed by atoms with E-state index in [1.54, 1.807) is 11.1 Å². The summed E-state index contributed by atoms with van der Waals surface area (Å²) in [5.41, 5.74) is 5.98. The van der Waals surface area contributed by atoms with Crippen LogP contribution in [-0.2, 0) is 11.3 Å². The number of benzene rings is 1. The minimum atomic E-state index is -1.26. The highest BCUT2D eigenvalue weighted by Crippen LogP contribution is 2.25. The lowest BCUT2D eigenvalue weighted by atomic mass is 9.98. The van der Waals surface area contributed by atoms with Crippen LogP contribution in [0.5, 0.6) is 0 Å². The number of nitrogens with two attached hydrogens (primary N) is 1. The van der Waals surface area contributed by atoms with E-state index in [1.165, 1.54) is 0 Å². The molecule has 5 N–H and O–H groups in total. The van der Waals surface area contributed by atoms with Crippen molar-refractivity contribution in [2.45, 2.75) is 19.4 Å². The SMILES string of the molecule is N/C(=N\N1CCC(CNc2nc(NCc3ccccc3Cl)ncc2[N+](=O)[O-])CC1)C(=O)O. The third-order valence-electron chi connectivity index (χ3n) is 4.98. The second kappa shape index (κ2) is 10.6. The number of rotatable bonds is 8. The number of piperidine rings is 1. The average Bonchev–Trinajstić information content (AvgIpc) is 2.78. The fraction of sp³-hybridized carbons (Fsp3) is 0.368. The fourth-order valence-electron chi connectivity index (χ4n) is 3.20. The van der Waals surface area contributed by atoms with Gasteiger partial charge < -0.3 is 21.5 Å². The third-order valence-corrected chi connectivity index (χ3v) is 5.35. The quantitative estimate of drug-likeness (QED) is 0.197. The van der Waals surface area contributed by atoms with Gasteiger partial charge in [0.15, 0.2) is 0 Å². The first-order chi connectivity index (χ1) is 15.3. The van der Waals surface area contributed by atoms with Crippen molar-refractivity contribution in [3.63, 3.8) is 0 Å². The number of halogens is 1. The van der Waals surface area contributed by atoms with Gasteiger partial charge in [-0.25, -0.2) is 9.78 Å². The Morgan fingerprint density at radius 3 is 2.72 bits per heavy atom. The van der Waals surface area contributed by atoms with Gasteiger partial charge >= 0.3 is 11.7 Å². The summed E-state index contributed by atoms with van der Waals surface area (Å²) in [7, 11) is 0. The Morgan fingerprint density at radius 2 is 2.06 bits per heavy atom. The van der Waals surface area contributed by atoms with Crippen molar-refractivity contribution >= 4 is 40.9 Å². The van der Waals surface area contributed by atoms with Gasteiger partial charge in [0.2, 0.25) is 17.6 Å². The molecule has 1 fully saturated rings. The molecular formula is C19H23ClN8O4. The number of carbonyl (C=O) groups is 1. The van der Waals surface area contributed by atoms with Crippen molar-refractivity contribution in [3.05, 3.63) is 51.2 Å². The highest BCUT2D eigenvalue weighted by Gasteiger charge is 2.22. The Balaban J connectivity index is 1.60. The van der Waals surface area contributed by atoms with E-state index in [-0.39, 0.29) is 23.4 Å². The number of nitro groups is 1. The Morgan fingerprint density at radius 1 is 1.34 bits per heavy atom. The molecule has 1 aromatic carbocycles. The van der Waals surface area contributed by atoms with Crippen LogP contribution in [0.3, 0.4) is 0 Å². The zero-order chi connectivity index (χ0) is 23.1. The van der Waals surface area contributed by atoms with Gasteiger partial charge in [-0.15, -0.1) is 0 Å². The van der Waals surface area contributed by atoms with Gasteiger partial charge in [-0.05, 0) is 30.4 Å². The van der Waals surface area contributed by atoms with E-state index in [0.29, 0.717) is 31.2 Å². The molecule has 13 heteroatoms. The zero-order valence-electron chi connectivity index (χ0n) is 17.1. The molecule has 0 aliphatic carbocycles. The van der Waals surface area contributed by atoms with Gasteiger partial charge in [-0.3, -0.25) is 15.1 Å². The lowest BCUT2D eigenvalue weighted by Crippen LogP contribution is -2.36. The summed E-state index contributed by atoms with van der Waals surface area (Å²) in [6.07, 6.45) is 2.61. The molecule has 0 amide bonds. The van der Waals surface area contributed by atoms with Gasteiger partial charge in [0, 0.05) is 31.2 Å². The maximum atomic E-state index is 11.4. The van der Waals surface area contributed by atoms with E-state index in [1.807, 2.05) is 18.2 Å². The summed E-state index contributed by atoms with van der Waals surface area (Å²) in [5.74, 6) is -1.13. The lowest BCUT2D eigenvalue weighted by molar-refractivity contribution is -0.384. The summed E-state index contributed by atoms with van der Waals surface area (Å²) in [5, 5.41) is 32.4. The predicted octanol–water partition coefficient (Wildman–Crippen LogP) is 2.13. The summed E-state index contributed by atoms with van der Waals surface area (Å²) in [6.45, 7) is 1.91. The van der Waals surface area contributed by atoms with E-state index in [4.69, 9.17) is 22.4 Å². The Bertz CT molecular complexity index is 1010. The van der Waals surface area contributed by atoms with Crippen LogP contribution in [0, 0.1) is 16.0 Å². The van der Waals surface area contributed by atoms with E-state index in [2.05, 4.69) is 25.7 Å². The molecular weight excluding hydrogens is 440 g/mol. The maximum absolute atomic E-state index is 11.4. The molecule has 1 aliphatic rings. The molecule has 2 aromatic rings. The van der Waals surface area contributed by atoms with Crippen LogP contribution in [0.1, 0.15) is 18.4 Å². The van der Waals surface area contributed by atoms with Crippen molar-refractivity contribution < 1.29 is 14.8 Å². The fourth-order valence-corrected chi connectivity index (χ4v) is 3.40. The Labute approximate surface area is 188 Å². The number of hydrazone groups is 1. The van der Waals surface area contributed by atoms with Crippen LogP contribution in [-0.4, -0.2) is 56.4 Å². The number of nitrogens with zero attached hydrogens (tertiary/aromatic N) is 5. The monoisotopic (exact) mass is 462 g/mol. The zero-order valence-corrected chi connectivity index (χ0v) is 17.8. The van der Waals surface area contributed by atoms with Gasteiger partial charge in [0.05, 0.1) is 4.92 Å². The number of hydrogen-bond donors (Lipinski definition) is 4. The molecule has 0 unspecified atom stereocenters. The van der Waals surface area contributed by atoms with Gasteiger partial charge in [0.25, 0.3) is 0 Å². The molecule has 3 rings (SSSR count). The van der Waals surface area contributed by atoms with Gasteiger partial charge in [-0.2, -0.15) is 10.1 Å². The topological polar surface area (TPSA) is 172 Å². The third kappa shape index (κ3) is 6.17. The normalized spacial score (nSPS) is 14.8. The molecule has 0 radical (unpaired) electrons. The lowest BCUT2D eigenvalue weighted by Gasteiger charge is -2.30. The minimum Gasteiger partial charge on any atom is -0.475 e. The van der Waals surface area contributed by atoms with Gasteiger partial charge in [-0.1, -0.05) is 29.8 Å². The second-order valence-electron chi connectivity index (χ2n) is 7.20. The van der Waals surface area contributed by atoms with Crippen molar-refractivity contribution in [2.24, 2.45) is 16.8 Å². The van der Waals surface area contributed by atoms with Crippen molar-refractivity contribution in [1.82, 2.24) is 15.0 Å². The first kappa shape index (κ1) is 23.0. The summed E-state index contributed by atoms with van der Waals surface area (Å²) < 4.78 is 0. The van der Waals surface area contributed by atoms with Crippen molar-refractivity contribution in [2.75, 3.05) is 30.3 Å². The van der Waals surface area contributed by atoms with Crippen molar-refractivity contribution in [1.29, 1.82) is 0 Å². The highest BCUT2D eigenvalue weighted by atomic mass is 35.5. The number of aromatic nitrogens is 2. The summed E-state index contributed by atoms with van der Waals surface area (Å²) in [6, 6.07) is 7.32. The standard InChI is InChI=1S/C19H23ClN8O4/c20-14-4-2-1-3-13(14)10-23-19-24-11-15(28(31)32)17(25-19)22-9-12-5-7-27(8-6-12)26-16(21)18(29)30/h1-4,11-12H,5-10H2,(H2,21,26)(H,29,30)(H2,22,23,24,25). The van der Waals surface area contributed by atoms with E-state index in [9.17, 15) is 14.9 Å². The second-order valence-corrected chi connectivity index (χ2v) is 7.61. The number of carboxylic acid groups (broad SMARTS) is 1. The Kier molecular flexibility index (Phi) is 7.60. The number of amidine groups is 1. The molecule has 2 heterocycles. The smallest absolute Gasteiger partial charge is 0.373 e. The number of anilines is 2.